The lowest BCUT2D eigenvalue weighted by atomic mass is 9.70. The Bertz CT molecular complexity index is 791. The van der Waals surface area contributed by atoms with Crippen molar-refractivity contribution in [1.82, 2.24) is 4.90 Å². The summed E-state index contributed by atoms with van der Waals surface area (Å²) >= 11 is 7.39. The summed E-state index contributed by atoms with van der Waals surface area (Å²) in [6.07, 6.45) is 2.89. The predicted molar refractivity (Wildman–Crippen MR) is 130 cm³/mol. The molecule has 0 aromatic heterocycles. The summed E-state index contributed by atoms with van der Waals surface area (Å²) in [5.74, 6) is 0.222. The van der Waals surface area contributed by atoms with Crippen LogP contribution in [0.1, 0.15) is 51.7 Å². The maximum Gasteiger partial charge on any atom is 0.0867 e. The SMILES string of the molecule is CC(C)N(CCCC(C#N)(c1c(Br)cccc1Br)C(C)C)CCc1ccccc1. The summed E-state index contributed by atoms with van der Waals surface area (Å²) in [5, 5.41) is 10.3. The molecule has 1 unspecified atom stereocenters. The molecule has 0 N–H and O–H groups in total. The third-order valence-corrected chi connectivity index (χ3v) is 7.19. The zero-order chi connectivity index (χ0) is 21.4. The first-order valence-electron chi connectivity index (χ1n) is 10.5. The average molecular weight is 520 g/mol. The van der Waals surface area contributed by atoms with Crippen molar-refractivity contribution in [1.29, 1.82) is 5.26 Å². The zero-order valence-electron chi connectivity index (χ0n) is 18.0. The molecule has 2 nitrogen and oxygen atoms in total. The largest absolute Gasteiger partial charge is 0.301 e. The summed E-state index contributed by atoms with van der Waals surface area (Å²) in [6, 6.07) is 19.9. The Morgan fingerprint density at radius 2 is 1.55 bits per heavy atom. The molecule has 0 radical (unpaired) electrons. The lowest BCUT2D eigenvalue weighted by molar-refractivity contribution is 0.210. The summed E-state index contributed by atoms with van der Waals surface area (Å²) in [4.78, 5) is 2.53. The third kappa shape index (κ3) is 6.17. The van der Waals surface area contributed by atoms with E-state index < -0.39 is 5.41 Å². The smallest absolute Gasteiger partial charge is 0.0867 e. The average Bonchev–Trinajstić information content (AvgIpc) is 2.69. The number of nitrogens with zero attached hydrogens (tertiary/aromatic N) is 2. The highest BCUT2D eigenvalue weighted by Gasteiger charge is 2.38. The number of benzene rings is 2. The van der Waals surface area contributed by atoms with Gasteiger partial charge in [-0.05, 0) is 63.3 Å². The maximum absolute atomic E-state index is 10.3. The van der Waals surface area contributed by atoms with Gasteiger partial charge in [0.25, 0.3) is 0 Å². The lowest BCUT2D eigenvalue weighted by Gasteiger charge is -2.34. The Morgan fingerprint density at radius 1 is 0.931 bits per heavy atom. The Hall–Kier alpha value is -1.15. The minimum atomic E-state index is -0.513. The topological polar surface area (TPSA) is 27.0 Å². The molecule has 0 saturated carbocycles. The Morgan fingerprint density at radius 3 is 2.07 bits per heavy atom. The first-order chi connectivity index (χ1) is 13.8. The van der Waals surface area contributed by atoms with Crippen LogP contribution in [0.15, 0.2) is 57.5 Å². The van der Waals surface area contributed by atoms with E-state index in [1.165, 1.54) is 5.56 Å². The van der Waals surface area contributed by atoms with Crippen molar-refractivity contribution >= 4 is 31.9 Å². The summed E-state index contributed by atoms with van der Waals surface area (Å²) in [5.41, 5.74) is 1.95. The van der Waals surface area contributed by atoms with E-state index >= 15 is 0 Å². The van der Waals surface area contributed by atoms with Crippen LogP contribution < -0.4 is 0 Å². The van der Waals surface area contributed by atoms with Gasteiger partial charge in [0.1, 0.15) is 0 Å². The molecule has 0 spiro atoms. The van der Waals surface area contributed by atoms with E-state index in [1.54, 1.807) is 0 Å². The van der Waals surface area contributed by atoms with Crippen LogP contribution in [0, 0.1) is 17.2 Å². The van der Waals surface area contributed by atoms with Gasteiger partial charge in [0.05, 0.1) is 11.5 Å². The van der Waals surface area contributed by atoms with Crippen molar-refractivity contribution in [2.75, 3.05) is 13.1 Å². The molecule has 29 heavy (non-hydrogen) atoms. The predicted octanol–water partition coefficient (Wildman–Crippen LogP) is 7.36. The maximum atomic E-state index is 10.3. The van der Waals surface area contributed by atoms with Crippen molar-refractivity contribution in [2.24, 2.45) is 5.92 Å². The van der Waals surface area contributed by atoms with Crippen LogP contribution in [-0.2, 0) is 11.8 Å². The van der Waals surface area contributed by atoms with Crippen molar-refractivity contribution in [3.63, 3.8) is 0 Å². The summed E-state index contributed by atoms with van der Waals surface area (Å²) < 4.78 is 2.01. The molecule has 0 amide bonds. The van der Waals surface area contributed by atoms with E-state index in [0.29, 0.717) is 6.04 Å². The minimum absolute atomic E-state index is 0.222. The second-order valence-electron chi connectivity index (χ2n) is 8.30. The third-order valence-electron chi connectivity index (χ3n) is 5.87. The van der Waals surface area contributed by atoms with Crippen LogP contribution in [0.4, 0.5) is 0 Å². The molecule has 0 fully saturated rings. The van der Waals surface area contributed by atoms with Gasteiger partial charge in [-0.1, -0.05) is 82.1 Å². The molecule has 0 aliphatic heterocycles. The first kappa shape index (κ1) is 24.1. The normalized spacial score (nSPS) is 13.7. The molecule has 0 saturated heterocycles. The first-order valence-corrected chi connectivity index (χ1v) is 12.0. The van der Waals surface area contributed by atoms with E-state index in [0.717, 1.165) is 46.9 Å². The fourth-order valence-corrected chi connectivity index (χ4v) is 5.68. The molecular formula is C25H32Br2N2. The van der Waals surface area contributed by atoms with E-state index in [9.17, 15) is 5.26 Å². The molecule has 0 bridgehead atoms. The standard InChI is InChI=1S/C25H32Br2N2/c1-19(2)25(18-28,24-22(26)12-8-13-23(24)27)15-9-16-29(20(3)4)17-14-21-10-6-5-7-11-21/h5-8,10-13,19-20H,9,14-17H2,1-4H3. The van der Waals surface area contributed by atoms with Gasteiger partial charge in [-0.3, -0.25) is 0 Å². The fraction of sp³-hybridized carbons (Fsp3) is 0.480. The van der Waals surface area contributed by atoms with Crippen LogP contribution in [-0.4, -0.2) is 24.0 Å². The molecule has 0 aliphatic carbocycles. The van der Waals surface area contributed by atoms with Crippen LogP contribution in [0.3, 0.4) is 0 Å². The van der Waals surface area contributed by atoms with Gasteiger partial charge in [0.15, 0.2) is 0 Å². The van der Waals surface area contributed by atoms with Gasteiger partial charge in [0, 0.05) is 27.1 Å². The number of hydrogen-bond acceptors (Lipinski definition) is 2. The molecule has 0 heterocycles. The summed E-state index contributed by atoms with van der Waals surface area (Å²) in [6.45, 7) is 10.9. The van der Waals surface area contributed by atoms with Crippen molar-refractivity contribution in [3.8, 4) is 6.07 Å². The molecule has 2 aromatic rings. The monoisotopic (exact) mass is 518 g/mol. The highest BCUT2D eigenvalue weighted by Crippen LogP contribution is 2.43. The molecular weight excluding hydrogens is 488 g/mol. The van der Waals surface area contributed by atoms with Crippen LogP contribution in [0.5, 0.6) is 0 Å². The second-order valence-corrected chi connectivity index (χ2v) is 10.0. The Kier molecular flexibility index (Phi) is 9.40. The van der Waals surface area contributed by atoms with E-state index in [-0.39, 0.29) is 5.92 Å². The van der Waals surface area contributed by atoms with E-state index in [2.05, 4.69) is 101 Å². The van der Waals surface area contributed by atoms with Gasteiger partial charge >= 0.3 is 0 Å². The molecule has 156 valence electrons. The fourth-order valence-electron chi connectivity index (χ4n) is 3.97. The van der Waals surface area contributed by atoms with E-state index in [1.807, 2.05) is 18.2 Å². The quantitative estimate of drug-likeness (QED) is 0.327. The van der Waals surface area contributed by atoms with Crippen molar-refractivity contribution < 1.29 is 0 Å². The van der Waals surface area contributed by atoms with Gasteiger partial charge in [0.2, 0.25) is 0 Å². The van der Waals surface area contributed by atoms with E-state index in [4.69, 9.17) is 0 Å². The Labute approximate surface area is 193 Å². The molecule has 2 aromatic carbocycles. The molecule has 1 atom stereocenters. The van der Waals surface area contributed by atoms with Crippen LogP contribution in [0.25, 0.3) is 0 Å². The molecule has 2 rings (SSSR count). The molecule has 0 aliphatic rings. The molecule has 4 heteroatoms. The summed E-state index contributed by atoms with van der Waals surface area (Å²) in [7, 11) is 0. The highest BCUT2D eigenvalue weighted by molar-refractivity contribution is 9.11. The van der Waals surface area contributed by atoms with Gasteiger partial charge in [-0.15, -0.1) is 0 Å². The second kappa shape index (κ2) is 11.3. The van der Waals surface area contributed by atoms with Crippen LogP contribution in [0.2, 0.25) is 0 Å². The highest BCUT2D eigenvalue weighted by atomic mass is 79.9. The Balaban J connectivity index is 2.11. The number of nitriles is 1. The van der Waals surface area contributed by atoms with Gasteiger partial charge in [-0.25, -0.2) is 0 Å². The zero-order valence-corrected chi connectivity index (χ0v) is 21.1. The number of rotatable bonds is 10. The van der Waals surface area contributed by atoms with Gasteiger partial charge in [-0.2, -0.15) is 5.26 Å². The van der Waals surface area contributed by atoms with Crippen molar-refractivity contribution in [2.45, 2.75) is 58.4 Å². The van der Waals surface area contributed by atoms with Crippen LogP contribution >= 0.6 is 31.9 Å². The lowest BCUT2D eigenvalue weighted by Crippen LogP contribution is -2.36. The number of halogens is 2. The number of hydrogen-bond donors (Lipinski definition) is 0. The van der Waals surface area contributed by atoms with Crippen molar-refractivity contribution in [3.05, 3.63) is 68.6 Å². The minimum Gasteiger partial charge on any atom is -0.301 e. The van der Waals surface area contributed by atoms with Gasteiger partial charge < -0.3 is 4.90 Å².